The third-order valence-electron chi connectivity index (χ3n) is 6.11. The zero-order chi connectivity index (χ0) is 25.7. The molecule has 36 heavy (non-hydrogen) atoms. The van der Waals surface area contributed by atoms with Crippen molar-refractivity contribution in [1.82, 2.24) is 9.21 Å². The highest BCUT2D eigenvalue weighted by molar-refractivity contribution is 7.89. The Morgan fingerprint density at radius 2 is 1.58 bits per heavy atom. The minimum absolute atomic E-state index is 0.0649. The Hall–Kier alpha value is -3.00. The van der Waals surface area contributed by atoms with Crippen LogP contribution in [0.2, 0.25) is 0 Å². The highest BCUT2D eigenvalue weighted by Crippen LogP contribution is 2.24. The molecule has 0 bridgehead atoms. The van der Waals surface area contributed by atoms with Crippen molar-refractivity contribution in [2.45, 2.75) is 38.8 Å². The van der Waals surface area contributed by atoms with Gasteiger partial charge < -0.3 is 4.90 Å². The third-order valence-corrected chi connectivity index (χ3v) is 8.93. The van der Waals surface area contributed by atoms with Crippen LogP contribution in [0.5, 0.6) is 0 Å². The maximum absolute atomic E-state index is 13.8. The fraction of sp³-hybridized carbons (Fsp3) is 0.276. The first-order chi connectivity index (χ1) is 17.2. The molecular weight excluding hydrogens is 488 g/mol. The molecule has 0 aliphatic carbocycles. The Balaban J connectivity index is 1.63. The number of hydrogen-bond donors (Lipinski definition) is 0. The summed E-state index contributed by atoms with van der Waals surface area (Å²) in [6.07, 6.45) is 0. The van der Waals surface area contributed by atoms with Gasteiger partial charge in [-0.1, -0.05) is 74.5 Å². The Morgan fingerprint density at radius 3 is 2.25 bits per heavy atom. The number of benzene rings is 3. The summed E-state index contributed by atoms with van der Waals surface area (Å²) in [6, 6.07) is 24.7. The van der Waals surface area contributed by atoms with Gasteiger partial charge >= 0.3 is 0 Å². The summed E-state index contributed by atoms with van der Waals surface area (Å²) in [5, 5.41) is 3.85. The number of aryl methyl sites for hydroxylation is 1. The second-order valence-corrected chi connectivity index (χ2v) is 12.4. The Morgan fingerprint density at radius 1 is 0.889 bits per heavy atom. The monoisotopic (exact) mass is 520 g/mol. The van der Waals surface area contributed by atoms with Gasteiger partial charge in [0.1, 0.15) is 0 Å². The van der Waals surface area contributed by atoms with E-state index < -0.39 is 10.0 Å². The second kappa shape index (κ2) is 11.4. The molecule has 0 saturated heterocycles. The number of rotatable bonds is 10. The molecule has 0 saturated carbocycles. The minimum atomic E-state index is -3.87. The number of fused-ring (bicyclic) bond motifs is 1. The predicted molar refractivity (Wildman–Crippen MR) is 147 cm³/mol. The summed E-state index contributed by atoms with van der Waals surface area (Å²) in [7, 11) is -3.87. The lowest BCUT2D eigenvalue weighted by molar-refractivity contribution is -0.132. The van der Waals surface area contributed by atoms with Crippen LogP contribution in [-0.4, -0.2) is 36.6 Å². The number of thiophene rings is 1. The molecule has 5 nitrogen and oxygen atoms in total. The van der Waals surface area contributed by atoms with Crippen molar-refractivity contribution < 1.29 is 13.2 Å². The lowest BCUT2D eigenvalue weighted by Crippen LogP contribution is -2.43. The Bertz CT molecular complexity index is 1430. The van der Waals surface area contributed by atoms with Crippen molar-refractivity contribution in [2.75, 3.05) is 13.1 Å². The van der Waals surface area contributed by atoms with Crippen LogP contribution in [0, 0.1) is 12.8 Å². The van der Waals surface area contributed by atoms with E-state index in [-0.39, 0.29) is 29.8 Å². The molecule has 0 spiro atoms. The summed E-state index contributed by atoms with van der Waals surface area (Å²) < 4.78 is 28.8. The van der Waals surface area contributed by atoms with Gasteiger partial charge in [0.2, 0.25) is 15.9 Å². The summed E-state index contributed by atoms with van der Waals surface area (Å²) in [5.41, 5.74) is 2.14. The van der Waals surface area contributed by atoms with E-state index in [1.54, 1.807) is 28.4 Å². The number of hydrogen-bond acceptors (Lipinski definition) is 4. The first-order valence-corrected chi connectivity index (χ1v) is 14.4. The predicted octanol–water partition coefficient (Wildman–Crippen LogP) is 6.09. The van der Waals surface area contributed by atoms with Gasteiger partial charge in [-0.25, -0.2) is 8.42 Å². The SMILES string of the molecule is Cc1ccsc1CN(Cc1ccccc1)C(=O)CN(CC(C)C)S(=O)(=O)c1ccc2ccccc2c1. The van der Waals surface area contributed by atoms with Crippen LogP contribution in [0.4, 0.5) is 0 Å². The van der Waals surface area contributed by atoms with Gasteiger partial charge in [0.05, 0.1) is 18.0 Å². The van der Waals surface area contributed by atoms with E-state index in [2.05, 4.69) is 0 Å². The summed E-state index contributed by atoms with van der Waals surface area (Å²) in [4.78, 5) is 16.8. The van der Waals surface area contributed by atoms with Crippen LogP contribution in [-0.2, 0) is 27.9 Å². The van der Waals surface area contributed by atoms with Crippen LogP contribution in [0.25, 0.3) is 10.8 Å². The highest BCUT2D eigenvalue weighted by Gasteiger charge is 2.29. The Kier molecular flexibility index (Phi) is 8.24. The number of sulfonamides is 1. The maximum atomic E-state index is 13.8. The van der Waals surface area contributed by atoms with Crippen molar-refractivity contribution in [3.05, 3.63) is 100 Å². The first-order valence-electron chi connectivity index (χ1n) is 12.1. The van der Waals surface area contributed by atoms with E-state index in [1.807, 2.05) is 92.9 Å². The summed E-state index contributed by atoms with van der Waals surface area (Å²) in [5.74, 6) is -0.146. The van der Waals surface area contributed by atoms with Gasteiger partial charge in [0, 0.05) is 18.0 Å². The fourth-order valence-electron chi connectivity index (χ4n) is 4.16. The zero-order valence-corrected chi connectivity index (χ0v) is 22.6. The largest absolute Gasteiger partial charge is 0.332 e. The van der Waals surface area contributed by atoms with Gasteiger partial charge in [0.25, 0.3) is 0 Å². The molecular formula is C29H32N2O3S2. The molecule has 0 radical (unpaired) electrons. The van der Waals surface area contributed by atoms with Crippen molar-refractivity contribution in [1.29, 1.82) is 0 Å². The molecule has 4 rings (SSSR count). The van der Waals surface area contributed by atoms with Crippen molar-refractivity contribution in [3.8, 4) is 0 Å². The van der Waals surface area contributed by atoms with Crippen LogP contribution in [0.3, 0.4) is 0 Å². The van der Waals surface area contributed by atoms with E-state index in [4.69, 9.17) is 0 Å². The highest BCUT2D eigenvalue weighted by atomic mass is 32.2. The summed E-state index contributed by atoms with van der Waals surface area (Å²) >= 11 is 1.61. The molecule has 0 unspecified atom stereocenters. The van der Waals surface area contributed by atoms with Gasteiger partial charge in [0.15, 0.2) is 0 Å². The van der Waals surface area contributed by atoms with Crippen LogP contribution < -0.4 is 0 Å². The molecule has 0 fully saturated rings. The zero-order valence-electron chi connectivity index (χ0n) is 20.9. The van der Waals surface area contributed by atoms with E-state index in [9.17, 15) is 13.2 Å². The number of carbonyl (C=O) groups is 1. The van der Waals surface area contributed by atoms with Crippen LogP contribution in [0.1, 0.15) is 29.9 Å². The standard InChI is InChI=1S/C29H32N2O3S2/c1-22(2)18-31(36(33,34)27-14-13-25-11-7-8-12-26(25)17-27)21-29(32)30(19-24-9-5-4-6-10-24)20-28-23(3)15-16-35-28/h4-17,22H,18-21H2,1-3H3. The molecule has 3 aromatic carbocycles. The van der Waals surface area contributed by atoms with Gasteiger partial charge in [-0.2, -0.15) is 4.31 Å². The molecule has 188 valence electrons. The molecule has 7 heteroatoms. The molecule has 0 N–H and O–H groups in total. The molecule has 1 aromatic heterocycles. The topological polar surface area (TPSA) is 57.7 Å². The average molecular weight is 521 g/mol. The lowest BCUT2D eigenvalue weighted by Gasteiger charge is -2.28. The molecule has 0 aliphatic rings. The second-order valence-electron chi connectivity index (χ2n) is 9.46. The van der Waals surface area contributed by atoms with Crippen molar-refractivity contribution in [3.63, 3.8) is 0 Å². The van der Waals surface area contributed by atoms with Crippen molar-refractivity contribution >= 4 is 38.0 Å². The van der Waals surface area contributed by atoms with Crippen LogP contribution >= 0.6 is 11.3 Å². The lowest BCUT2D eigenvalue weighted by atomic mass is 10.1. The molecule has 1 heterocycles. The van der Waals surface area contributed by atoms with Crippen LogP contribution in [0.15, 0.2) is 89.1 Å². The molecule has 1 amide bonds. The number of carbonyl (C=O) groups excluding carboxylic acids is 1. The fourth-order valence-corrected chi connectivity index (χ4v) is 6.67. The number of nitrogens with zero attached hydrogens (tertiary/aromatic N) is 2. The van der Waals surface area contributed by atoms with Gasteiger partial charge in [-0.15, -0.1) is 11.3 Å². The smallest absolute Gasteiger partial charge is 0.243 e. The van der Waals surface area contributed by atoms with Gasteiger partial charge in [-0.3, -0.25) is 4.79 Å². The average Bonchev–Trinajstić information content (AvgIpc) is 3.27. The molecule has 4 aromatic rings. The van der Waals surface area contributed by atoms with Gasteiger partial charge in [-0.05, 0) is 58.3 Å². The van der Waals surface area contributed by atoms with E-state index in [1.165, 1.54) is 4.31 Å². The first kappa shape index (κ1) is 26.1. The molecule has 0 atom stereocenters. The Labute approximate surface area is 218 Å². The quantitative estimate of drug-likeness (QED) is 0.254. The normalized spacial score (nSPS) is 11.9. The van der Waals surface area contributed by atoms with Crippen molar-refractivity contribution in [2.24, 2.45) is 5.92 Å². The van der Waals surface area contributed by atoms with E-state index >= 15 is 0 Å². The number of amides is 1. The molecule has 0 aliphatic heterocycles. The third kappa shape index (κ3) is 6.22. The minimum Gasteiger partial charge on any atom is -0.332 e. The maximum Gasteiger partial charge on any atom is 0.243 e. The van der Waals surface area contributed by atoms with E-state index in [0.717, 1.165) is 26.8 Å². The summed E-state index contributed by atoms with van der Waals surface area (Å²) in [6.45, 7) is 6.88. The van der Waals surface area contributed by atoms with E-state index in [0.29, 0.717) is 13.1 Å².